The first-order valence-corrected chi connectivity index (χ1v) is 6.89. The van der Waals surface area contributed by atoms with Crippen LogP contribution in [0.25, 0.3) is 0 Å². The molecule has 6 nitrogen and oxygen atoms in total. The van der Waals surface area contributed by atoms with Crippen molar-refractivity contribution in [3.8, 4) is 0 Å². The Bertz CT molecular complexity index is 297. The van der Waals surface area contributed by atoms with Gasteiger partial charge in [0.05, 0.1) is 6.61 Å². The minimum Gasteiger partial charge on any atom is -0.383 e. The van der Waals surface area contributed by atoms with Crippen molar-refractivity contribution < 1.29 is 13.2 Å². The van der Waals surface area contributed by atoms with Crippen LogP contribution in [0, 0.1) is 0 Å². The fourth-order valence-corrected chi connectivity index (χ4v) is 3.20. The Labute approximate surface area is 97.5 Å². The molecule has 1 saturated heterocycles. The fraction of sp³-hybridized carbons (Fsp3) is 1.00. The SMILES string of the molecule is COCCNS(=O)(=O)N1CC(C)NC(C)C1. The maximum absolute atomic E-state index is 11.9. The zero-order valence-corrected chi connectivity index (χ0v) is 10.9. The summed E-state index contributed by atoms with van der Waals surface area (Å²) in [5, 5.41) is 3.29. The van der Waals surface area contributed by atoms with Crippen LogP contribution in [-0.4, -0.2) is 58.2 Å². The highest BCUT2D eigenvalue weighted by Crippen LogP contribution is 2.07. The fourth-order valence-electron chi connectivity index (χ4n) is 1.84. The molecule has 0 aromatic rings. The normalized spacial score (nSPS) is 28.2. The van der Waals surface area contributed by atoms with Crippen LogP contribution in [0.1, 0.15) is 13.8 Å². The van der Waals surface area contributed by atoms with Crippen LogP contribution in [0.5, 0.6) is 0 Å². The highest BCUT2D eigenvalue weighted by Gasteiger charge is 2.29. The molecular formula is C9H21N3O3S. The third kappa shape index (κ3) is 3.99. The van der Waals surface area contributed by atoms with E-state index in [9.17, 15) is 8.42 Å². The lowest BCUT2D eigenvalue weighted by atomic mass is 10.2. The summed E-state index contributed by atoms with van der Waals surface area (Å²) in [6.07, 6.45) is 0. The maximum Gasteiger partial charge on any atom is 0.279 e. The van der Waals surface area contributed by atoms with Gasteiger partial charge in [0.2, 0.25) is 0 Å². The van der Waals surface area contributed by atoms with Gasteiger partial charge in [-0.3, -0.25) is 0 Å². The third-order valence-corrected chi connectivity index (χ3v) is 4.00. The molecule has 0 spiro atoms. The van der Waals surface area contributed by atoms with Gasteiger partial charge < -0.3 is 10.1 Å². The number of hydrogen-bond acceptors (Lipinski definition) is 4. The first kappa shape index (κ1) is 13.9. The predicted molar refractivity (Wildman–Crippen MR) is 62.4 cm³/mol. The molecule has 0 bridgehead atoms. The first-order valence-electron chi connectivity index (χ1n) is 5.45. The Morgan fingerprint density at radius 3 is 2.44 bits per heavy atom. The van der Waals surface area contributed by atoms with E-state index < -0.39 is 10.2 Å². The second kappa shape index (κ2) is 5.92. The van der Waals surface area contributed by atoms with Crippen LogP contribution >= 0.6 is 0 Å². The van der Waals surface area contributed by atoms with Crippen LogP contribution in [0.15, 0.2) is 0 Å². The molecule has 2 N–H and O–H groups in total. The van der Waals surface area contributed by atoms with Gasteiger partial charge >= 0.3 is 0 Å². The molecule has 2 unspecified atom stereocenters. The van der Waals surface area contributed by atoms with Crippen LogP contribution in [-0.2, 0) is 14.9 Å². The second-order valence-corrected chi connectivity index (χ2v) is 5.93. The lowest BCUT2D eigenvalue weighted by molar-refractivity contribution is 0.202. The topological polar surface area (TPSA) is 70.7 Å². The average molecular weight is 251 g/mol. The largest absolute Gasteiger partial charge is 0.383 e. The van der Waals surface area contributed by atoms with Gasteiger partial charge in [0, 0.05) is 38.8 Å². The van der Waals surface area contributed by atoms with E-state index in [1.807, 2.05) is 13.8 Å². The molecule has 0 saturated carbocycles. The highest BCUT2D eigenvalue weighted by molar-refractivity contribution is 7.87. The van der Waals surface area contributed by atoms with Gasteiger partial charge in [0.1, 0.15) is 0 Å². The van der Waals surface area contributed by atoms with Crippen molar-refractivity contribution in [3.05, 3.63) is 0 Å². The summed E-state index contributed by atoms with van der Waals surface area (Å²) >= 11 is 0. The zero-order chi connectivity index (χ0) is 12.2. The molecule has 1 aliphatic heterocycles. The molecule has 0 aromatic carbocycles. The molecule has 0 amide bonds. The van der Waals surface area contributed by atoms with Gasteiger partial charge in [-0.1, -0.05) is 0 Å². The molecule has 1 aliphatic rings. The summed E-state index contributed by atoms with van der Waals surface area (Å²) in [5.41, 5.74) is 0. The lowest BCUT2D eigenvalue weighted by Gasteiger charge is -2.35. The summed E-state index contributed by atoms with van der Waals surface area (Å²) in [5.74, 6) is 0. The summed E-state index contributed by atoms with van der Waals surface area (Å²) in [7, 11) is -1.81. The summed E-state index contributed by atoms with van der Waals surface area (Å²) in [6, 6.07) is 0.366. The van der Waals surface area contributed by atoms with E-state index in [-0.39, 0.29) is 12.1 Å². The van der Waals surface area contributed by atoms with Gasteiger partial charge in [-0.05, 0) is 13.8 Å². The summed E-state index contributed by atoms with van der Waals surface area (Å²) in [6.45, 7) is 5.67. The second-order valence-electron chi connectivity index (χ2n) is 4.18. The summed E-state index contributed by atoms with van der Waals surface area (Å²) in [4.78, 5) is 0. The standard InChI is InChI=1S/C9H21N3O3S/c1-8-6-12(7-9(2)11-8)16(13,14)10-4-5-15-3/h8-11H,4-7H2,1-3H3. The molecule has 0 aliphatic carbocycles. The molecule has 16 heavy (non-hydrogen) atoms. The van der Waals surface area contributed by atoms with Gasteiger partial charge in [-0.15, -0.1) is 0 Å². The molecule has 2 atom stereocenters. The number of rotatable bonds is 5. The number of nitrogens with one attached hydrogen (secondary N) is 2. The van der Waals surface area contributed by atoms with E-state index >= 15 is 0 Å². The monoisotopic (exact) mass is 251 g/mol. The minimum absolute atomic E-state index is 0.183. The molecule has 7 heteroatoms. The molecule has 1 heterocycles. The Morgan fingerprint density at radius 2 is 1.94 bits per heavy atom. The number of piperazine rings is 1. The quantitative estimate of drug-likeness (QED) is 0.624. The Morgan fingerprint density at radius 1 is 1.38 bits per heavy atom. The van der Waals surface area contributed by atoms with Crippen LogP contribution < -0.4 is 10.0 Å². The smallest absolute Gasteiger partial charge is 0.279 e. The molecule has 0 aromatic heterocycles. The Kier molecular flexibility index (Phi) is 5.13. The van der Waals surface area contributed by atoms with Crippen LogP contribution in [0.4, 0.5) is 0 Å². The lowest BCUT2D eigenvalue weighted by Crippen LogP contribution is -2.58. The predicted octanol–water partition coefficient (Wildman–Crippen LogP) is -0.851. The van der Waals surface area contributed by atoms with Crippen molar-refractivity contribution >= 4 is 10.2 Å². The van der Waals surface area contributed by atoms with Gasteiger partial charge in [0.15, 0.2) is 0 Å². The highest BCUT2D eigenvalue weighted by atomic mass is 32.2. The van der Waals surface area contributed by atoms with E-state index in [0.29, 0.717) is 26.2 Å². The Hall–Kier alpha value is -0.210. The van der Waals surface area contributed by atoms with Crippen molar-refractivity contribution in [3.63, 3.8) is 0 Å². The third-order valence-electron chi connectivity index (χ3n) is 2.45. The van der Waals surface area contributed by atoms with E-state index in [2.05, 4.69) is 10.0 Å². The number of methoxy groups -OCH3 is 1. The van der Waals surface area contributed by atoms with E-state index in [4.69, 9.17) is 4.74 Å². The molecule has 96 valence electrons. The molecule has 0 radical (unpaired) electrons. The number of nitrogens with zero attached hydrogens (tertiary/aromatic N) is 1. The van der Waals surface area contributed by atoms with Gasteiger partial charge in [-0.2, -0.15) is 17.4 Å². The van der Waals surface area contributed by atoms with Crippen LogP contribution in [0.2, 0.25) is 0 Å². The molecule has 1 fully saturated rings. The maximum atomic E-state index is 11.9. The van der Waals surface area contributed by atoms with Crippen molar-refractivity contribution in [2.24, 2.45) is 0 Å². The van der Waals surface area contributed by atoms with Crippen molar-refractivity contribution in [1.82, 2.24) is 14.3 Å². The van der Waals surface area contributed by atoms with Crippen molar-refractivity contribution in [2.45, 2.75) is 25.9 Å². The Balaban J connectivity index is 2.53. The molecule has 1 rings (SSSR count). The van der Waals surface area contributed by atoms with E-state index in [1.165, 1.54) is 4.31 Å². The number of hydrogen-bond donors (Lipinski definition) is 2. The van der Waals surface area contributed by atoms with Gasteiger partial charge in [-0.25, -0.2) is 0 Å². The number of ether oxygens (including phenoxy) is 1. The van der Waals surface area contributed by atoms with Crippen molar-refractivity contribution in [2.75, 3.05) is 33.4 Å². The minimum atomic E-state index is -3.36. The van der Waals surface area contributed by atoms with Crippen LogP contribution in [0.3, 0.4) is 0 Å². The van der Waals surface area contributed by atoms with Gasteiger partial charge in [0.25, 0.3) is 10.2 Å². The average Bonchev–Trinajstić information content (AvgIpc) is 2.16. The molecular weight excluding hydrogens is 230 g/mol. The van der Waals surface area contributed by atoms with E-state index in [1.54, 1.807) is 7.11 Å². The first-order chi connectivity index (χ1) is 7.45. The zero-order valence-electron chi connectivity index (χ0n) is 10.1. The van der Waals surface area contributed by atoms with Crippen molar-refractivity contribution in [1.29, 1.82) is 0 Å². The summed E-state index contributed by atoms with van der Waals surface area (Å²) < 4.78 is 32.6. The van der Waals surface area contributed by atoms with E-state index in [0.717, 1.165) is 0 Å².